The number of hydrogen-bond acceptors (Lipinski definition) is 3. The second-order valence-corrected chi connectivity index (χ2v) is 4.50. The van der Waals surface area contributed by atoms with Crippen LogP contribution in [0, 0.1) is 0 Å². The van der Waals surface area contributed by atoms with E-state index in [1.54, 1.807) is 6.07 Å². The van der Waals surface area contributed by atoms with E-state index in [2.05, 4.69) is 17.0 Å². The molecule has 1 aliphatic heterocycles. The van der Waals surface area contributed by atoms with E-state index in [4.69, 9.17) is 0 Å². The lowest BCUT2D eigenvalue weighted by atomic mass is 10.1. The summed E-state index contributed by atoms with van der Waals surface area (Å²) in [5.41, 5.74) is 3.22. The molecule has 1 aliphatic rings. The van der Waals surface area contributed by atoms with Crippen molar-refractivity contribution >= 4 is 0 Å². The topological polar surface area (TPSA) is 41.3 Å². The molecule has 1 aromatic carbocycles. The van der Waals surface area contributed by atoms with Crippen molar-refractivity contribution in [2.24, 2.45) is 0 Å². The zero-order chi connectivity index (χ0) is 11.8. The van der Waals surface area contributed by atoms with E-state index < -0.39 is 0 Å². The molecular weight excluding hydrogens is 214 g/mol. The fourth-order valence-electron chi connectivity index (χ4n) is 2.28. The maximum atomic E-state index is 9.88. The third-order valence-corrected chi connectivity index (χ3v) is 3.25. The molecule has 17 heavy (non-hydrogen) atoms. The highest BCUT2D eigenvalue weighted by Gasteiger charge is 2.19. The van der Waals surface area contributed by atoms with Gasteiger partial charge in [-0.25, -0.2) is 4.68 Å². The number of aromatic hydroxyl groups is 1. The summed E-state index contributed by atoms with van der Waals surface area (Å²) in [5, 5.41) is 14.3. The monoisotopic (exact) mass is 229 g/mol. The third kappa shape index (κ3) is 1.70. The first kappa shape index (κ1) is 10.4. The molecule has 0 saturated carbocycles. The summed E-state index contributed by atoms with van der Waals surface area (Å²) in [4.78, 5) is 2.26. The summed E-state index contributed by atoms with van der Waals surface area (Å²) in [6.45, 7) is 1.95. The minimum Gasteiger partial charge on any atom is -0.506 e. The highest BCUT2D eigenvalue weighted by molar-refractivity contribution is 5.46. The zero-order valence-electron chi connectivity index (χ0n) is 9.80. The first-order chi connectivity index (χ1) is 8.25. The molecule has 0 saturated heterocycles. The van der Waals surface area contributed by atoms with Crippen LogP contribution in [-0.4, -0.2) is 33.4 Å². The first-order valence-electron chi connectivity index (χ1n) is 5.78. The maximum Gasteiger partial charge on any atom is 0.141 e. The van der Waals surface area contributed by atoms with Crippen LogP contribution in [0.1, 0.15) is 11.3 Å². The Labute approximate surface area is 100 Å². The average Bonchev–Trinajstić information content (AvgIpc) is 2.72. The van der Waals surface area contributed by atoms with Gasteiger partial charge in [0, 0.05) is 13.1 Å². The molecule has 88 valence electrons. The quantitative estimate of drug-likeness (QED) is 0.807. The van der Waals surface area contributed by atoms with Crippen LogP contribution in [0.15, 0.2) is 30.5 Å². The third-order valence-electron chi connectivity index (χ3n) is 3.25. The van der Waals surface area contributed by atoms with Crippen LogP contribution in [-0.2, 0) is 13.0 Å². The molecule has 0 bridgehead atoms. The molecule has 3 rings (SSSR count). The van der Waals surface area contributed by atoms with E-state index in [1.165, 1.54) is 11.3 Å². The van der Waals surface area contributed by atoms with E-state index >= 15 is 0 Å². The molecule has 0 spiro atoms. The standard InChI is InChI=1S/C13H15N3O/c1-15-7-6-10-8-14-16(12(10)9-15)11-4-2-3-5-13(11)17/h2-5,8,17H,6-7,9H2,1H3. The predicted molar refractivity (Wildman–Crippen MR) is 65.3 cm³/mol. The van der Waals surface area contributed by atoms with Gasteiger partial charge in [-0.2, -0.15) is 5.10 Å². The number of rotatable bonds is 1. The van der Waals surface area contributed by atoms with Gasteiger partial charge in [-0.15, -0.1) is 0 Å². The largest absolute Gasteiger partial charge is 0.506 e. The smallest absolute Gasteiger partial charge is 0.141 e. The van der Waals surface area contributed by atoms with Crippen LogP contribution in [0.5, 0.6) is 5.75 Å². The lowest BCUT2D eigenvalue weighted by molar-refractivity contribution is 0.305. The summed E-state index contributed by atoms with van der Waals surface area (Å²) < 4.78 is 1.85. The Balaban J connectivity index is 2.11. The van der Waals surface area contributed by atoms with E-state index in [1.807, 2.05) is 29.1 Å². The lowest BCUT2D eigenvalue weighted by Gasteiger charge is -2.23. The highest BCUT2D eigenvalue weighted by atomic mass is 16.3. The van der Waals surface area contributed by atoms with E-state index in [-0.39, 0.29) is 5.75 Å². The summed E-state index contributed by atoms with van der Waals surface area (Å²) in [6.07, 6.45) is 2.94. The number of likely N-dealkylation sites (N-methyl/N-ethyl adjacent to an activating group) is 1. The predicted octanol–water partition coefficient (Wildman–Crippen LogP) is 1.57. The molecule has 0 radical (unpaired) electrons. The second kappa shape index (κ2) is 3.89. The number of hydrogen-bond donors (Lipinski definition) is 1. The van der Waals surface area contributed by atoms with Gasteiger partial charge < -0.3 is 10.0 Å². The average molecular weight is 229 g/mol. The Morgan fingerprint density at radius 2 is 2.12 bits per heavy atom. The second-order valence-electron chi connectivity index (χ2n) is 4.50. The maximum absolute atomic E-state index is 9.88. The Morgan fingerprint density at radius 1 is 1.29 bits per heavy atom. The Hall–Kier alpha value is -1.81. The van der Waals surface area contributed by atoms with Gasteiger partial charge in [-0.05, 0) is 31.2 Å². The van der Waals surface area contributed by atoms with Crippen molar-refractivity contribution < 1.29 is 5.11 Å². The van der Waals surface area contributed by atoms with Gasteiger partial charge in [0.15, 0.2) is 0 Å². The summed E-state index contributed by atoms with van der Waals surface area (Å²) in [6, 6.07) is 7.31. The number of phenolic OH excluding ortho intramolecular Hbond substituents is 1. The van der Waals surface area contributed by atoms with Gasteiger partial charge in [-0.3, -0.25) is 0 Å². The molecule has 2 aromatic rings. The number of fused-ring (bicyclic) bond motifs is 1. The minimum atomic E-state index is 0.270. The van der Waals surface area contributed by atoms with E-state index in [9.17, 15) is 5.11 Å². The molecule has 0 aliphatic carbocycles. The van der Waals surface area contributed by atoms with Crippen LogP contribution in [0.2, 0.25) is 0 Å². The molecular formula is C13H15N3O. The molecule has 1 N–H and O–H groups in total. The molecule has 1 aromatic heterocycles. The molecule has 4 nitrogen and oxygen atoms in total. The number of aromatic nitrogens is 2. The van der Waals surface area contributed by atoms with Gasteiger partial charge in [0.25, 0.3) is 0 Å². The normalized spacial score (nSPS) is 15.8. The molecule has 0 atom stereocenters. The van der Waals surface area contributed by atoms with Gasteiger partial charge in [0.2, 0.25) is 0 Å². The van der Waals surface area contributed by atoms with Gasteiger partial charge in [0.05, 0.1) is 11.9 Å². The van der Waals surface area contributed by atoms with Crippen molar-refractivity contribution in [3.8, 4) is 11.4 Å². The van der Waals surface area contributed by atoms with Gasteiger partial charge in [0.1, 0.15) is 11.4 Å². The van der Waals surface area contributed by atoms with Crippen LogP contribution in [0.25, 0.3) is 5.69 Å². The molecule has 2 heterocycles. The zero-order valence-corrected chi connectivity index (χ0v) is 9.80. The lowest BCUT2D eigenvalue weighted by Crippen LogP contribution is -2.27. The number of phenols is 1. The van der Waals surface area contributed by atoms with E-state index in [0.29, 0.717) is 0 Å². The molecule has 0 unspecified atom stereocenters. The van der Waals surface area contributed by atoms with Crippen molar-refractivity contribution in [1.29, 1.82) is 0 Å². The van der Waals surface area contributed by atoms with Crippen molar-refractivity contribution in [2.45, 2.75) is 13.0 Å². The molecule has 0 fully saturated rings. The summed E-state index contributed by atoms with van der Waals surface area (Å²) >= 11 is 0. The van der Waals surface area contributed by atoms with Crippen molar-refractivity contribution in [3.63, 3.8) is 0 Å². The van der Waals surface area contributed by atoms with Crippen LogP contribution in [0.3, 0.4) is 0 Å². The minimum absolute atomic E-state index is 0.270. The Kier molecular flexibility index (Phi) is 2.37. The number of nitrogens with zero attached hydrogens (tertiary/aromatic N) is 3. The van der Waals surface area contributed by atoms with Crippen molar-refractivity contribution in [3.05, 3.63) is 41.7 Å². The van der Waals surface area contributed by atoms with E-state index in [0.717, 1.165) is 25.2 Å². The van der Waals surface area contributed by atoms with Crippen molar-refractivity contribution in [1.82, 2.24) is 14.7 Å². The summed E-state index contributed by atoms with van der Waals surface area (Å²) in [5.74, 6) is 0.270. The summed E-state index contributed by atoms with van der Waals surface area (Å²) in [7, 11) is 2.10. The molecule has 0 amide bonds. The fourth-order valence-corrected chi connectivity index (χ4v) is 2.28. The van der Waals surface area contributed by atoms with Gasteiger partial charge >= 0.3 is 0 Å². The Morgan fingerprint density at radius 3 is 2.94 bits per heavy atom. The van der Waals surface area contributed by atoms with Gasteiger partial charge in [-0.1, -0.05) is 12.1 Å². The van der Waals surface area contributed by atoms with Crippen molar-refractivity contribution in [2.75, 3.05) is 13.6 Å². The first-order valence-corrected chi connectivity index (χ1v) is 5.78. The SMILES string of the molecule is CN1CCc2cnn(-c3ccccc3O)c2C1. The Bertz CT molecular complexity index is 547. The molecule has 4 heteroatoms. The van der Waals surface area contributed by atoms with Crippen LogP contribution < -0.4 is 0 Å². The van der Waals surface area contributed by atoms with Crippen LogP contribution in [0.4, 0.5) is 0 Å². The number of benzene rings is 1. The highest BCUT2D eigenvalue weighted by Crippen LogP contribution is 2.25. The fraction of sp³-hybridized carbons (Fsp3) is 0.308. The number of para-hydroxylation sites is 2. The van der Waals surface area contributed by atoms with Crippen LogP contribution >= 0.6 is 0 Å².